The number of nitrogens with one attached hydrogen (secondary N) is 1. The first-order valence-corrected chi connectivity index (χ1v) is 11.5. The molecule has 202 valence electrons. The first-order chi connectivity index (χ1) is 17.8. The summed E-state index contributed by atoms with van der Waals surface area (Å²) in [7, 11) is 0. The third-order valence-corrected chi connectivity index (χ3v) is 6.62. The van der Waals surface area contributed by atoms with E-state index in [-0.39, 0.29) is 42.8 Å². The molecule has 5 rings (SSSR count). The number of anilines is 1. The number of benzene rings is 1. The molecule has 3 atom stereocenters. The van der Waals surface area contributed by atoms with Crippen LogP contribution in [-0.2, 0) is 0 Å². The molecule has 2 aliphatic rings. The average Bonchev–Trinajstić information content (AvgIpc) is 3.61. The highest BCUT2D eigenvalue weighted by molar-refractivity contribution is 5.97. The van der Waals surface area contributed by atoms with E-state index in [2.05, 4.69) is 4.98 Å². The van der Waals surface area contributed by atoms with E-state index < -0.39 is 70.4 Å². The molecule has 1 aliphatic carbocycles. The first kappa shape index (κ1) is 26.0. The van der Waals surface area contributed by atoms with Gasteiger partial charge in [0.2, 0.25) is 5.43 Å². The van der Waals surface area contributed by atoms with Gasteiger partial charge >= 0.3 is 6.18 Å². The maximum Gasteiger partial charge on any atom is 0.408 e. The van der Waals surface area contributed by atoms with Gasteiger partial charge in [-0.15, -0.1) is 0 Å². The molecule has 3 heterocycles. The summed E-state index contributed by atoms with van der Waals surface area (Å²) < 4.78 is 84.4. The molecule has 14 heteroatoms. The van der Waals surface area contributed by atoms with Crippen LogP contribution >= 0.6 is 0 Å². The second kappa shape index (κ2) is 9.27. The topological polar surface area (TPSA) is 108 Å². The SMILES string of the molecule is O=C(NC(C1CC1)C(F)(F)F)c1cn(-c2c(F)cc(F)cc2F)c2nc(N3C[C@@H](O)[C@@H](O)C3)ccc2c1=O. The zero-order chi connectivity index (χ0) is 27.5. The molecule has 1 unspecified atom stereocenters. The molecule has 1 amide bonds. The zero-order valence-electron chi connectivity index (χ0n) is 19.3. The number of fused-ring (bicyclic) bond motifs is 1. The lowest BCUT2D eigenvalue weighted by Crippen LogP contribution is -2.48. The van der Waals surface area contributed by atoms with Crippen molar-refractivity contribution >= 4 is 22.8 Å². The molecular weight excluding hydrogens is 522 g/mol. The second-order valence-corrected chi connectivity index (χ2v) is 9.37. The summed E-state index contributed by atoms with van der Waals surface area (Å²) >= 11 is 0. The number of nitrogens with zero attached hydrogens (tertiary/aromatic N) is 3. The van der Waals surface area contributed by atoms with Crippen LogP contribution in [0.25, 0.3) is 16.7 Å². The first-order valence-electron chi connectivity index (χ1n) is 11.5. The minimum absolute atomic E-state index is 0.0519. The molecular formula is C24H20F6N4O4. The van der Waals surface area contributed by atoms with Gasteiger partial charge in [-0.2, -0.15) is 13.2 Å². The number of amides is 1. The fourth-order valence-electron chi connectivity index (χ4n) is 4.54. The van der Waals surface area contributed by atoms with Crippen molar-refractivity contribution in [1.82, 2.24) is 14.9 Å². The van der Waals surface area contributed by atoms with Gasteiger partial charge in [0.1, 0.15) is 28.9 Å². The molecule has 1 saturated heterocycles. The number of hydrogen-bond acceptors (Lipinski definition) is 6. The van der Waals surface area contributed by atoms with Gasteiger partial charge < -0.3 is 20.4 Å². The Morgan fingerprint density at radius 3 is 2.21 bits per heavy atom. The van der Waals surface area contributed by atoms with E-state index in [9.17, 15) is 46.1 Å². The van der Waals surface area contributed by atoms with Gasteiger partial charge in [-0.25, -0.2) is 18.2 Å². The number of alkyl halides is 3. The van der Waals surface area contributed by atoms with Crippen LogP contribution in [0.1, 0.15) is 23.2 Å². The number of hydrogen-bond donors (Lipinski definition) is 3. The number of carbonyl (C=O) groups is 1. The van der Waals surface area contributed by atoms with Crippen LogP contribution in [0, 0.1) is 23.4 Å². The number of aromatic nitrogens is 2. The molecule has 38 heavy (non-hydrogen) atoms. The Morgan fingerprint density at radius 1 is 1.05 bits per heavy atom. The fourth-order valence-corrected chi connectivity index (χ4v) is 4.54. The minimum atomic E-state index is -4.79. The number of halogens is 6. The third-order valence-electron chi connectivity index (χ3n) is 6.62. The lowest BCUT2D eigenvalue weighted by atomic mass is 10.1. The van der Waals surface area contributed by atoms with Crippen molar-refractivity contribution in [2.24, 2.45) is 5.92 Å². The Labute approximate surface area is 210 Å². The van der Waals surface area contributed by atoms with Crippen LogP contribution in [0.3, 0.4) is 0 Å². The minimum Gasteiger partial charge on any atom is -0.389 e. The number of carbonyl (C=O) groups excluding carboxylic acids is 1. The van der Waals surface area contributed by atoms with Gasteiger partial charge in [0, 0.05) is 31.4 Å². The lowest BCUT2D eigenvalue weighted by molar-refractivity contribution is -0.158. The van der Waals surface area contributed by atoms with Crippen LogP contribution in [0.5, 0.6) is 0 Å². The molecule has 1 saturated carbocycles. The standard InChI is InChI=1S/C24H20F6N4O4/c25-11-5-14(26)19(15(27)6-11)34-7-13(23(38)32-21(10-1-2-10)24(28,29)30)20(37)12-3-4-18(31-22(12)34)33-8-16(35)17(36)9-33/h3-7,10,16-17,21,35-36H,1-2,8-9H2,(H,32,38)/t16-,17+,21?. The number of rotatable bonds is 5. The monoisotopic (exact) mass is 542 g/mol. The molecule has 0 bridgehead atoms. The average molecular weight is 542 g/mol. The van der Waals surface area contributed by atoms with Gasteiger partial charge in [-0.05, 0) is 30.9 Å². The van der Waals surface area contributed by atoms with E-state index in [4.69, 9.17) is 0 Å². The smallest absolute Gasteiger partial charge is 0.389 e. The number of β-amino-alcohol motifs (C(OH)–C–C–N with tert-alkyl or cyclic N) is 2. The van der Waals surface area contributed by atoms with Crippen LogP contribution in [0.4, 0.5) is 32.2 Å². The van der Waals surface area contributed by atoms with E-state index in [0.717, 1.165) is 6.07 Å². The molecule has 1 aromatic carbocycles. The van der Waals surface area contributed by atoms with E-state index in [0.29, 0.717) is 22.9 Å². The maximum atomic E-state index is 14.8. The van der Waals surface area contributed by atoms with Crippen molar-refractivity contribution in [3.05, 3.63) is 63.7 Å². The number of aliphatic hydroxyl groups excluding tert-OH is 2. The van der Waals surface area contributed by atoms with Crippen molar-refractivity contribution in [1.29, 1.82) is 0 Å². The molecule has 3 aromatic rings. The highest BCUT2D eigenvalue weighted by Gasteiger charge is 2.50. The summed E-state index contributed by atoms with van der Waals surface area (Å²) in [4.78, 5) is 31.8. The summed E-state index contributed by atoms with van der Waals surface area (Å²) in [5.74, 6) is -6.28. The number of pyridine rings is 2. The summed E-state index contributed by atoms with van der Waals surface area (Å²) in [6, 6.07) is 0.941. The Kier molecular flexibility index (Phi) is 6.34. The maximum absolute atomic E-state index is 14.8. The third kappa shape index (κ3) is 4.69. The lowest BCUT2D eigenvalue weighted by Gasteiger charge is -2.22. The second-order valence-electron chi connectivity index (χ2n) is 9.37. The molecule has 1 aliphatic heterocycles. The van der Waals surface area contributed by atoms with Crippen LogP contribution in [0.15, 0.2) is 35.3 Å². The van der Waals surface area contributed by atoms with Crippen molar-refractivity contribution in [3.8, 4) is 5.69 Å². The molecule has 0 spiro atoms. The van der Waals surface area contributed by atoms with Gasteiger partial charge in [0.25, 0.3) is 5.91 Å². The summed E-state index contributed by atoms with van der Waals surface area (Å²) in [5, 5.41) is 21.2. The van der Waals surface area contributed by atoms with Crippen molar-refractivity contribution < 1.29 is 41.4 Å². The Morgan fingerprint density at radius 2 is 1.66 bits per heavy atom. The largest absolute Gasteiger partial charge is 0.408 e. The van der Waals surface area contributed by atoms with Crippen LogP contribution < -0.4 is 15.6 Å². The Bertz CT molecular complexity index is 1460. The van der Waals surface area contributed by atoms with Gasteiger partial charge in [-0.3, -0.25) is 14.2 Å². The molecule has 0 radical (unpaired) electrons. The predicted octanol–water partition coefficient (Wildman–Crippen LogP) is 2.42. The summed E-state index contributed by atoms with van der Waals surface area (Å²) in [6.07, 6.45) is -5.90. The van der Waals surface area contributed by atoms with Gasteiger partial charge in [0.05, 0.1) is 17.6 Å². The molecule has 8 nitrogen and oxygen atoms in total. The highest BCUT2D eigenvalue weighted by Crippen LogP contribution is 2.40. The number of aliphatic hydroxyl groups is 2. The summed E-state index contributed by atoms with van der Waals surface area (Å²) in [5.41, 5.74) is -3.20. The van der Waals surface area contributed by atoms with Gasteiger partial charge in [-0.1, -0.05) is 0 Å². The van der Waals surface area contributed by atoms with E-state index in [1.165, 1.54) is 11.0 Å². The molecule has 2 aromatic heterocycles. The molecule has 3 N–H and O–H groups in total. The summed E-state index contributed by atoms with van der Waals surface area (Å²) in [6.45, 7) is -0.104. The van der Waals surface area contributed by atoms with E-state index >= 15 is 0 Å². The highest BCUT2D eigenvalue weighted by atomic mass is 19.4. The normalized spacial score (nSPS) is 20.7. The van der Waals surface area contributed by atoms with E-state index in [1.807, 2.05) is 5.32 Å². The van der Waals surface area contributed by atoms with Gasteiger partial charge in [0.15, 0.2) is 17.3 Å². The quantitative estimate of drug-likeness (QED) is 0.428. The fraction of sp³-hybridized carbons (Fsp3) is 0.375. The zero-order valence-corrected chi connectivity index (χ0v) is 19.3. The molecule has 2 fully saturated rings. The van der Waals surface area contributed by atoms with Crippen LogP contribution in [-0.4, -0.2) is 63.2 Å². The van der Waals surface area contributed by atoms with Crippen LogP contribution in [0.2, 0.25) is 0 Å². The van der Waals surface area contributed by atoms with E-state index in [1.54, 1.807) is 0 Å². The van der Waals surface area contributed by atoms with Crippen molar-refractivity contribution in [2.75, 3.05) is 18.0 Å². The van der Waals surface area contributed by atoms with Crippen molar-refractivity contribution in [3.63, 3.8) is 0 Å². The predicted molar refractivity (Wildman–Crippen MR) is 121 cm³/mol. The Balaban J connectivity index is 1.68. The Hall–Kier alpha value is -3.65. The van der Waals surface area contributed by atoms with Crippen molar-refractivity contribution in [2.45, 2.75) is 37.3 Å².